The predicted octanol–water partition coefficient (Wildman–Crippen LogP) is 3.55. The van der Waals surface area contributed by atoms with E-state index < -0.39 is 12.0 Å². The van der Waals surface area contributed by atoms with E-state index in [4.69, 9.17) is 17.3 Å². The molecule has 1 N–H and O–H groups in total. The summed E-state index contributed by atoms with van der Waals surface area (Å²) in [7, 11) is 0. The van der Waals surface area contributed by atoms with Crippen LogP contribution in [0.5, 0.6) is 0 Å². The first kappa shape index (κ1) is 15.4. The third-order valence-electron chi connectivity index (χ3n) is 6.44. The molecule has 1 aromatic rings. The first-order valence-electron chi connectivity index (χ1n) is 8.86. The summed E-state index contributed by atoms with van der Waals surface area (Å²) >= 11 is 5.56. The smallest absolute Gasteiger partial charge is 0.328 e. The Hall–Kier alpha value is -1.17. The molecule has 4 aliphatic carbocycles. The standard InChI is InChI=1S/C17H25N3O2S/c1-3-19-15(18-20(16(19)23)10(2)14(21)22)17-7-11-4-12(8-17)6-13(5-11)9-17/h10-13H,3-9H2,1-2H3,(H,21,22). The average Bonchev–Trinajstić information content (AvgIpc) is 2.82. The Labute approximate surface area is 141 Å². The number of hydrogen-bond acceptors (Lipinski definition) is 3. The molecule has 6 heteroatoms. The highest BCUT2D eigenvalue weighted by Gasteiger charge is 2.54. The second-order valence-electron chi connectivity index (χ2n) is 8.01. The molecule has 5 rings (SSSR count). The third kappa shape index (κ3) is 2.21. The summed E-state index contributed by atoms with van der Waals surface area (Å²) in [6, 6.07) is -0.706. The molecule has 23 heavy (non-hydrogen) atoms. The summed E-state index contributed by atoms with van der Waals surface area (Å²) < 4.78 is 4.21. The molecule has 4 saturated carbocycles. The fraction of sp³-hybridized carbons (Fsp3) is 0.824. The molecule has 0 radical (unpaired) electrons. The molecule has 1 heterocycles. The van der Waals surface area contributed by atoms with Crippen LogP contribution in [0.1, 0.15) is 64.2 Å². The van der Waals surface area contributed by atoms with Crippen LogP contribution in [0.2, 0.25) is 0 Å². The van der Waals surface area contributed by atoms with Crippen molar-refractivity contribution in [1.82, 2.24) is 14.3 Å². The Morgan fingerprint density at radius 1 is 1.30 bits per heavy atom. The van der Waals surface area contributed by atoms with Gasteiger partial charge in [0, 0.05) is 12.0 Å². The molecule has 1 unspecified atom stereocenters. The molecule has 126 valence electrons. The molecule has 4 aliphatic rings. The lowest BCUT2D eigenvalue weighted by molar-refractivity contribution is -0.140. The maximum atomic E-state index is 11.4. The van der Waals surface area contributed by atoms with Crippen molar-refractivity contribution in [2.24, 2.45) is 17.8 Å². The zero-order valence-corrected chi connectivity index (χ0v) is 14.7. The predicted molar refractivity (Wildman–Crippen MR) is 88.9 cm³/mol. The lowest BCUT2D eigenvalue weighted by atomic mass is 9.49. The average molecular weight is 335 g/mol. The largest absolute Gasteiger partial charge is 0.480 e. The van der Waals surface area contributed by atoms with Gasteiger partial charge in [0.25, 0.3) is 0 Å². The van der Waals surface area contributed by atoms with Gasteiger partial charge in [-0.05, 0) is 82.3 Å². The van der Waals surface area contributed by atoms with E-state index in [1.54, 1.807) is 11.6 Å². The zero-order chi connectivity index (χ0) is 16.4. The number of nitrogens with zero attached hydrogens (tertiary/aromatic N) is 3. The molecule has 4 bridgehead atoms. The van der Waals surface area contributed by atoms with Gasteiger partial charge in [-0.1, -0.05) is 0 Å². The highest BCUT2D eigenvalue weighted by atomic mass is 32.1. The van der Waals surface area contributed by atoms with Crippen LogP contribution in [0.25, 0.3) is 0 Å². The van der Waals surface area contributed by atoms with E-state index in [0.29, 0.717) is 4.77 Å². The van der Waals surface area contributed by atoms with Gasteiger partial charge in [0.15, 0.2) is 4.77 Å². The van der Waals surface area contributed by atoms with Crippen LogP contribution >= 0.6 is 12.2 Å². The van der Waals surface area contributed by atoms with Crippen LogP contribution in [0.15, 0.2) is 0 Å². The normalized spacial score (nSPS) is 36.3. The van der Waals surface area contributed by atoms with Crippen molar-refractivity contribution in [2.45, 2.75) is 70.4 Å². The molecule has 1 aromatic heterocycles. The number of aromatic nitrogens is 3. The minimum atomic E-state index is -0.876. The van der Waals surface area contributed by atoms with Crippen LogP contribution in [0, 0.1) is 22.5 Å². The van der Waals surface area contributed by atoms with Gasteiger partial charge < -0.3 is 9.67 Å². The van der Waals surface area contributed by atoms with Crippen LogP contribution in [-0.4, -0.2) is 25.4 Å². The van der Waals surface area contributed by atoms with Crippen molar-refractivity contribution in [3.63, 3.8) is 0 Å². The van der Waals surface area contributed by atoms with Crippen molar-refractivity contribution in [2.75, 3.05) is 0 Å². The summed E-state index contributed by atoms with van der Waals surface area (Å²) in [6.45, 7) is 4.51. The van der Waals surface area contributed by atoms with Crippen molar-refractivity contribution in [3.05, 3.63) is 10.6 Å². The molecule has 1 atom stereocenters. The second kappa shape index (κ2) is 5.16. The van der Waals surface area contributed by atoms with E-state index >= 15 is 0 Å². The summed E-state index contributed by atoms with van der Waals surface area (Å²) in [5.41, 5.74) is 0.141. The summed E-state index contributed by atoms with van der Waals surface area (Å²) in [6.07, 6.45) is 7.81. The number of aliphatic carboxylic acids is 1. The van der Waals surface area contributed by atoms with Gasteiger partial charge in [-0.3, -0.25) is 0 Å². The van der Waals surface area contributed by atoms with Gasteiger partial charge in [0.2, 0.25) is 0 Å². The Bertz CT molecular complexity index is 670. The van der Waals surface area contributed by atoms with Gasteiger partial charge in [-0.15, -0.1) is 0 Å². The van der Waals surface area contributed by atoms with Crippen LogP contribution < -0.4 is 0 Å². The topological polar surface area (TPSA) is 60.0 Å². The maximum absolute atomic E-state index is 11.4. The monoisotopic (exact) mass is 335 g/mol. The number of carboxylic acid groups (broad SMARTS) is 1. The minimum absolute atomic E-state index is 0.141. The Balaban J connectivity index is 1.81. The van der Waals surface area contributed by atoms with E-state index in [2.05, 4.69) is 11.5 Å². The van der Waals surface area contributed by atoms with Gasteiger partial charge in [0.1, 0.15) is 11.9 Å². The Kier molecular flexibility index (Phi) is 3.45. The SMILES string of the molecule is CCn1c(C23CC4CC(CC(C4)C2)C3)nn(C(C)C(=O)O)c1=S. The Morgan fingerprint density at radius 3 is 2.26 bits per heavy atom. The van der Waals surface area contributed by atoms with Gasteiger partial charge in [-0.25, -0.2) is 9.48 Å². The van der Waals surface area contributed by atoms with Gasteiger partial charge in [-0.2, -0.15) is 5.10 Å². The molecule has 0 aliphatic heterocycles. The highest BCUT2D eigenvalue weighted by Crippen LogP contribution is 2.60. The van der Waals surface area contributed by atoms with Gasteiger partial charge >= 0.3 is 5.97 Å². The summed E-state index contributed by atoms with van der Waals surface area (Å²) in [4.78, 5) is 11.4. The molecule has 4 fully saturated rings. The zero-order valence-electron chi connectivity index (χ0n) is 13.9. The molecule has 0 spiro atoms. The van der Waals surface area contributed by atoms with Crippen LogP contribution in [-0.2, 0) is 16.8 Å². The number of carbonyl (C=O) groups is 1. The van der Waals surface area contributed by atoms with Gasteiger partial charge in [0.05, 0.1) is 0 Å². The molecular weight excluding hydrogens is 310 g/mol. The molecule has 0 aromatic carbocycles. The minimum Gasteiger partial charge on any atom is -0.480 e. The number of hydrogen-bond donors (Lipinski definition) is 1. The number of carboxylic acids is 1. The highest BCUT2D eigenvalue weighted by molar-refractivity contribution is 7.71. The molecular formula is C17H25N3O2S. The first-order chi connectivity index (χ1) is 10.9. The molecule has 5 nitrogen and oxygen atoms in total. The van der Waals surface area contributed by atoms with E-state index in [1.165, 1.54) is 38.5 Å². The summed E-state index contributed by atoms with van der Waals surface area (Å²) in [5.74, 6) is 2.70. The first-order valence-corrected chi connectivity index (χ1v) is 9.27. The third-order valence-corrected chi connectivity index (χ3v) is 6.85. The number of rotatable bonds is 4. The van der Waals surface area contributed by atoms with E-state index in [0.717, 1.165) is 30.1 Å². The van der Waals surface area contributed by atoms with Crippen molar-refractivity contribution in [1.29, 1.82) is 0 Å². The van der Waals surface area contributed by atoms with Crippen molar-refractivity contribution in [3.8, 4) is 0 Å². The van der Waals surface area contributed by atoms with Crippen molar-refractivity contribution >= 4 is 18.2 Å². The quantitative estimate of drug-likeness (QED) is 0.855. The lowest BCUT2D eigenvalue weighted by Crippen LogP contribution is -2.49. The van der Waals surface area contributed by atoms with E-state index in [1.807, 2.05) is 0 Å². The van der Waals surface area contributed by atoms with Crippen LogP contribution in [0.3, 0.4) is 0 Å². The summed E-state index contributed by atoms with van der Waals surface area (Å²) in [5, 5.41) is 14.1. The lowest BCUT2D eigenvalue weighted by Gasteiger charge is -2.56. The fourth-order valence-corrected chi connectivity index (χ4v) is 6.25. The van der Waals surface area contributed by atoms with Crippen LogP contribution in [0.4, 0.5) is 0 Å². The maximum Gasteiger partial charge on any atom is 0.328 e. The van der Waals surface area contributed by atoms with E-state index in [9.17, 15) is 9.90 Å². The molecule has 0 saturated heterocycles. The second-order valence-corrected chi connectivity index (χ2v) is 8.37. The fourth-order valence-electron chi connectivity index (χ4n) is 5.83. The Morgan fingerprint density at radius 2 is 1.83 bits per heavy atom. The van der Waals surface area contributed by atoms with E-state index in [-0.39, 0.29) is 5.41 Å². The molecule has 0 amide bonds. The van der Waals surface area contributed by atoms with Crippen molar-refractivity contribution < 1.29 is 9.90 Å².